The van der Waals surface area contributed by atoms with Gasteiger partial charge in [-0.2, -0.15) is 5.10 Å². The standard InChI is InChI=1S/C15H18N6O4/c1-9-7-10(2)20(18-9)14-12(21(24)25)13(16-8-17-14)19-5-3-11(4-6-19)15(22)23/h7-8,11H,3-6H2,1-2H3,(H,22,23). The summed E-state index contributed by atoms with van der Waals surface area (Å²) < 4.78 is 1.43. The van der Waals surface area contributed by atoms with Crippen molar-refractivity contribution >= 4 is 17.5 Å². The second-order valence-corrected chi connectivity index (χ2v) is 6.07. The lowest BCUT2D eigenvalue weighted by Crippen LogP contribution is -2.37. The van der Waals surface area contributed by atoms with E-state index in [0.717, 1.165) is 11.4 Å². The number of hydrogen-bond acceptors (Lipinski definition) is 7. The lowest BCUT2D eigenvalue weighted by molar-refractivity contribution is -0.384. The average Bonchev–Trinajstić information content (AvgIpc) is 2.92. The molecule has 25 heavy (non-hydrogen) atoms. The van der Waals surface area contributed by atoms with Gasteiger partial charge in [-0.1, -0.05) is 0 Å². The number of rotatable bonds is 4. The van der Waals surface area contributed by atoms with Crippen molar-refractivity contribution in [3.8, 4) is 5.82 Å². The normalized spacial score (nSPS) is 15.4. The van der Waals surface area contributed by atoms with Crippen LogP contribution in [0.2, 0.25) is 0 Å². The van der Waals surface area contributed by atoms with Gasteiger partial charge in [-0.3, -0.25) is 14.9 Å². The van der Waals surface area contributed by atoms with Gasteiger partial charge in [0, 0.05) is 18.8 Å². The SMILES string of the molecule is Cc1cc(C)n(-c2ncnc(N3CCC(C(=O)O)CC3)c2[N+](=O)[O-])n1. The van der Waals surface area contributed by atoms with Crippen molar-refractivity contribution in [3.63, 3.8) is 0 Å². The Hall–Kier alpha value is -3.04. The van der Waals surface area contributed by atoms with E-state index in [4.69, 9.17) is 5.11 Å². The van der Waals surface area contributed by atoms with Crippen molar-refractivity contribution in [2.45, 2.75) is 26.7 Å². The van der Waals surface area contributed by atoms with E-state index in [1.165, 1.54) is 11.0 Å². The van der Waals surface area contributed by atoms with Gasteiger partial charge in [-0.25, -0.2) is 14.6 Å². The summed E-state index contributed by atoms with van der Waals surface area (Å²) >= 11 is 0. The molecule has 0 atom stereocenters. The fourth-order valence-corrected chi connectivity index (χ4v) is 3.09. The van der Waals surface area contributed by atoms with E-state index in [1.54, 1.807) is 18.7 Å². The Kier molecular flexibility index (Phi) is 4.34. The molecule has 3 rings (SSSR count). The van der Waals surface area contributed by atoms with Crippen LogP contribution >= 0.6 is 0 Å². The second kappa shape index (κ2) is 6.46. The van der Waals surface area contributed by atoms with Crippen LogP contribution in [0.15, 0.2) is 12.4 Å². The molecule has 1 aliphatic rings. The van der Waals surface area contributed by atoms with Gasteiger partial charge in [-0.15, -0.1) is 0 Å². The van der Waals surface area contributed by atoms with Gasteiger partial charge < -0.3 is 10.0 Å². The molecule has 1 saturated heterocycles. The van der Waals surface area contributed by atoms with E-state index in [0.29, 0.717) is 25.9 Å². The van der Waals surface area contributed by atoms with Crippen LogP contribution in [0.4, 0.5) is 11.5 Å². The number of hydrogen-bond donors (Lipinski definition) is 1. The summed E-state index contributed by atoms with van der Waals surface area (Å²) in [5, 5.41) is 25.1. The summed E-state index contributed by atoms with van der Waals surface area (Å²) in [6.07, 6.45) is 2.12. The number of carbonyl (C=O) groups is 1. The molecule has 3 heterocycles. The molecule has 0 aromatic carbocycles. The molecule has 2 aromatic rings. The monoisotopic (exact) mass is 346 g/mol. The highest BCUT2D eigenvalue weighted by Gasteiger charge is 2.32. The first-order valence-corrected chi connectivity index (χ1v) is 7.89. The molecule has 1 fully saturated rings. The summed E-state index contributed by atoms with van der Waals surface area (Å²) in [5.74, 6) is -0.944. The molecular formula is C15H18N6O4. The predicted octanol–water partition coefficient (Wildman–Crippen LogP) is 1.49. The smallest absolute Gasteiger partial charge is 0.355 e. The fraction of sp³-hybridized carbons (Fsp3) is 0.467. The zero-order valence-electron chi connectivity index (χ0n) is 13.9. The molecule has 1 aliphatic heterocycles. The summed E-state index contributed by atoms with van der Waals surface area (Å²) in [4.78, 5) is 32.2. The number of aliphatic carboxylic acids is 1. The molecule has 0 amide bonds. The Labute approximate surface area is 143 Å². The minimum absolute atomic E-state index is 0.112. The van der Waals surface area contributed by atoms with Crippen molar-refractivity contribution in [3.05, 3.63) is 33.9 Å². The zero-order chi connectivity index (χ0) is 18.1. The molecule has 132 valence electrons. The molecule has 10 heteroatoms. The van der Waals surface area contributed by atoms with Gasteiger partial charge >= 0.3 is 11.7 Å². The maximum atomic E-state index is 11.7. The van der Waals surface area contributed by atoms with Crippen LogP contribution in [0.25, 0.3) is 5.82 Å². The molecule has 0 saturated carbocycles. The highest BCUT2D eigenvalue weighted by atomic mass is 16.6. The molecule has 0 spiro atoms. The molecule has 0 aliphatic carbocycles. The maximum Gasteiger partial charge on any atom is 0.355 e. The van der Waals surface area contributed by atoms with Gasteiger partial charge in [0.15, 0.2) is 0 Å². The molecule has 2 aromatic heterocycles. The van der Waals surface area contributed by atoms with Crippen molar-refractivity contribution in [2.75, 3.05) is 18.0 Å². The average molecular weight is 346 g/mol. The van der Waals surface area contributed by atoms with Crippen LogP contribution in [0.1, 0.15) is 24.2 Å². The van der Waals surface area contributed by atoms with E-state index >= 15 is 0 Å². The highest BCUT2D eigenvalue weighted by Crippen LogP contribution is 2.33. The van der Waals surface area contributed by atoms with Crippen molar-refractivity contribution in [1.82, 2.24) is 19.7 Å². The molecule has 1 N–H and O–H groups in total. The van der Waals surface area contributed by atoms with Crippen molar-refractivity contribution in [1.29, 1.82) is 0 Å². The third-order valence-electron chi connectivity index (χ3n) is 4.32. The highest BCUT2D eigenvalue weighted by molar-refractivity contribution is 5.71. The van der Waals surface area contributed by atoms with Gasteiger partial charge in [0.05, 0.1) is 16.5 Å². The molecular weight excluding hydrogens is 328 g/mol. The number of nitro groups is 1. The maximum absolute atomic E-state index is 11.7. The Balaban J connectivity index is 2.01. The lowest BCUT2D eigenvalue weighted by atomic mass is 9.97. The molecule has 0 radical (unpaired) electrons. The second-order valence-electron chi connectivity index (χ2n) is 6.07. The number of nitrogens with zero attached hydrogens (tertiary/aromatic N) is 6. The first-order chi connectivity index (χ1) is 11.9. The fourth-order valence-electron chi connectivity index (χ4n) is 3.09. The van der Waals surface area contributed by atoms with Crippen LogP contribution in [0.3, 0.4) is 0 Å². The lowest BCUT2D eigenvalue weighted by Gasteiger charge is -2.30. The van der Waals surface area contributed by atoms with Crippen LogP contribution in [-0.2, 0) is 4.79 Å². The van der Waals surface area contributed by atoms with Crippen molar-refractivity contribution < 1.29 is 14.8 Å². The van der Waals surface area contributed by atoms with Crippen LogP contribution in [-0.4, -0.2) is 48.8 Å². The van der Waals surface area contributed by atoms with E-state index in [1.807, 2.05) is 6.07 Å². The van der Waals surface area contributed by atoms with Crippen LogP contribution < -0.4 is 4.90 Å². The van der Waals surface area contributed by atoms with Gasteiger partial charge in [0.1, 0.15) is 6.33 Å². The predicted molar refractivity (Wildman–Crippen MR) is 87.9 cm³/mol. The summed E-state index contributed by atoms with van der Waals surface area (Å²) in [5.41, 5.74) is 1.24. The van der Waals surface area contributed by atoms with E-state index in [9.17, 15) is 14.9 Å². The first-order valence-electron chi connectivity index (χ1n) is 7.89. The van der Waals surface area contributed by atoms with E-state index in [-0.39, 0.29) is 17.3 Å². The van der Waals surface area contributed by atoms with Gasteiger partial charge in [0.2, 0.25) is 11.6 Å². The topological polar surface area (TPSA) is 127 Å². The van der Waals surface area contributed by atoms with E-state index in [2.05, 4.69) is 15.1 Å². The van der Waals surface area contributed by atoms with Crippen molar-refractivity contribution in [2.24, 2.45) is 5.92 Å². The van der Waals surface area contributed by atoms with Crippen LogP contribution in [0, 0.1) is 29.9 Å². The third-order valence-corrected chi connectivity index (χ3v) is 4.32. The summed E-state index contributed by atoms with van der Waals surface area (Å²) in [6, 6.07) is 1.81. The number of carboxylic acids is 1. The largest absolute Gasteiger partial charge is 0.481 e. The van der Waals surface area contributed by atoms with Crippen LogP contribution in [0.5, 0.6) is 0 Å². The first kappa shape index (κ1) is 16.8. The number of piperidine rings is 1. The number of anilines is 1. The molecule has 0 bridgehead atoms. The summed E-state index contributed by atoms with van der Waals surface area (Å²) in [7, 11) is 0. The Morgan fingerprint density at radius 1 is 1.28 bits per heavy atom. The molecule has 10 nitrogen and oxygen atoms in total. The third kappa shape index (κ3) is 3.14. The van der Waals surface area contributed by atoms with Gasteiger partial charge in [0.25, 0.3) is 0 Å². The van der Waals surface area contributed by atoms with Gasteiger partial charge in [-0.05, 0) is 32.8 Å². The number of carboxylic acid groups (broad SMARTS) is 1. The Morgan fingerprint density at radius 3 is 2.44 bits per heavy atom. The Morgan fingerprint density at radius 2 is 1.92 bits per heavy atom. The minimum Gasteiger partial charge on any atom is -0.481 e. The number of aryl methyl sites for hydroxylation is 2. The summed E-state index contributed by atoms with van der Waals surface area (Å²) in [6.45, 7) is 4.38. The zero-order valence-corrected chi connectivity index (χ0v) is 13.9. The molecule has 0 unspecified atom stereocenters. The Bertz CT molecular complexity index is 825. The van der Waals surface area contributed by atoms with E-state index < -0.39 is 16.8 Å². The minimum atomic E-state index is -0.833. The number of aromatic nitrogens is 4. The quantitative estimate of drug-likeness (QED) is 0.651.